The van der Waals surface area contributed by atoms with E-state index in [-0.39, 0.29) is 0 Å². The quantitative estimate of drug-likeness (QED) is 0.807. The first-order valence-electron chi connectivity index (χ1n) is 7.13. The van der Waals surface area contributed by atoms with E-state index in [2.05, 4.69) is 42.6 Å². The van der Waals surface area contributed by atoms with Gasteiger partial charge >= 0.3 is 0 Å². The fourth-order valence-electron chi connectivity index (χ4n) is 3.55. The summed E-state index contributed by atoms with van der Waals surface area (Å²) < 4.78 is 2.02. The van der Waals surface area contributed by atoms with Crippen molar-refractivity contribution in [2.45, 2.75) is 39.3 Å². The number of nitrogens with zero attached hydrogens (tertiary/aromatic N) is 2. The summed E-state index contributed by atoms with van der Waals surface area (Å²) in [5.41, 5.74) is 1.24. The second-order valence-electron chi connectivity index (χ2n) is 5.97. The van der Waals surface area contributed by atoms with Crippen molar-refractivity contribution >= 4 is 0 Å². The summed E-state index contributed by atoms with van der Waals surface area (Å²) in [7, 11) is 0. The van der Waals surface area contributed by atoms with Crippen LogP contribution in [0.2, 0.25) is 0 Å². The lowest BCUT2D eigenvalue weighted by Gasteiger charge is -2.26. The van der Waals surface area contributed by atoms with Gasteiger partial charge in [-0.1, -0.05) is 12.2 Å². The molecule has 0 aliphatic heterocycles. The van der Waals surface area contributed by atoms with Crippen LogP contribution in [-0.4, -0.2) is 22.4 Å². The first-order chi connectivity index (χ1) is 8.72. The van der Waals surface area contributed by atoms with E-state index < -0.39 is 0 Å². The summed E-state index contributed by atoms with van der Waals surface area (Å²) in [4.78, 5) is 0. The number of hydrogen-bond acceptors (Lipinski definition) is 2. The van der Waals surface area contributed by atoms with Gasteiger partial charge in [-0.3, -0.25) is 4.68 Å². The molecule has 1 aromatic heterocycles. The summed E-state index contributed by atoms with van der Waals surface area (Å²) in [5.74, 6) is 2.56. The highest BCUT2D eigenvalue weighted by molar-refractivity contribution is 5.11. The summed E-state index contributed by atoms with van der Waals surface area (Å²) in [6, 6.07) is 0.626. The van der Waals surface area contributed by atoms with Crippen LogP contribution in [0.15, 0.2) is 24.5 Å². The average molecular weight is 245 g/mol. The maximum atomic E-state index is 4.31. The van der Waals surface area contributed by atoms with Gasteiger partial charge in [-0.25, -0.2) is 0 Å². The van der Waals surface area contributed by atoms with Gasteiger partial charge in [0.2, 0.25) is 0 Å². The Morgan fingerprint density at radius 3 is 2.94 bits per heavy atom. The van der Waals surface area contributed by atoms with Crippen molar-refractivity contribution < 1.29 is 0 Å². The fraction of sp³-hybridized carbons (Fsp3) is 0.667. The van der Waals surface area contributed by atoms with Gasteiger partial charge in [-0.05, 0) is 50.0 Å². The Hall–Kier alpha value is -1.09. The number of rotatable bonds is 5. The van der Waals surface area contributed by atoms with Crippen molar-refractivity contribution in [2.75, 3.05) is 6.54 Å². The molecule has 18 heavy (non-hydrogen) atoms. The third-order valence-electron chi connectivity index (χ3n) is 4.54. The van der Waals surface area contributed by atoms with Gasteiger partial charge in [0.15, 0.2) is 0 Å². The van der Waals surface area contributed by atoms with Crippen LogP contribution in [0.1, 0.15) is 25.3 Å². The molecule has 0 saturated heterocycles. The lowest BCUT2D eigenvalue weighted by atomic mass is 9.87. The molecule has 1 fully saturated rings. The minimum absolute atomic E-state index is 0.626. The molecule has 0 radical (unpaired) electrons. The van der Waals surface area contributed by atoms with E-state index in [4.69, 9.17) is 0 Å². The topological polar surface area (TPSA) is 29.9 Å². The molecule has 1 N–H and O–H groups in total. The van der Waals surface area contributed by atoms with Crippen LogP contribution in [-0.2, 0) is 6.54 Å². The smallest absolute Gasteiger partial charge is 0.0534 e. The van der Waals surface area contributed by atoms with E-state index in [1.165, 1.54) is 18.4 Å². The predicted octanol–water partition coefficient (Wildman–Crippen LogP) is 2.38. The molecule has 98 valence electrons. The third-order valence-corrected chi connectivity index (χ3v) is 4.54. The maximum absolute atomic E-state index is 4.31. The summed E-state index contributed by atoms with van der Waals surface area (Å²) in [6.07, 6.45) is 11.7. The molecule has 2 aliphatic rings. The van der Waals surface area contributed by atoms with Crippen molar-refractivity contribution in [3.63, 3.8) is 0 Å². The first-order valence-corrected chi connectivity index (χ1v) is 7.13. The lowest BCUT2D eigenvalue weighted by Crippen LogP contribution is -2.37. The van der Waals surface area contributed by atoms with Gasteiger partial charge in [-0.15, -0.1) is 0 Å². The maximum Gasteiger partial charge on any atom is 0.0534 e. The number of aryl methyl sites for hydroxylation is 1. The van der Waals surface area contributed by atoms with Gasteiger partial charge < -0.3 is 5.32 Å². The molecular formula is C15H23N3. The minimum atomic E-state index is 0.626. The Morgan fingerprint density at radius 1 is 1.44 bits per heavy atom. The third kappa shape index (κ3) is 2.37. The van der Waals surface area contributed by atoms with Gasteiger partial charge in [0.05, 0.1) is 12.7 Å². The Morgan fingerprint density at radius 2 is 2.33 bits per heavy atom. The molecule has 1 aromatic rings. The van der Waals surface area contributed by atoms with E-state index >= 15 is 0 Å². The van der Waals surface area contributed by atoms with Crippen LogP contribution in [0.25, 0.3) is 0 Å². The highest BCUT2D eigenvalue weighted by Crippen LogP contribution is 2.44. The Balaban J connectivity index is 1.44. The Labute approximate surface area is 109 Å². The van der Waals surface area contributed by atoms with Crippen LogP contribution < -0.4 is 5.32 Å². The molecular weight excluding hydrogens is 222 g/mol. The van der Waals surface area contributed by atoms with E-state index in [1.807, 2.05) is 10.9 Å². The van der Waals surface area contributed by atoms with E-state index in [0.717, 1.165) is 30.8 Å². The van der Waals surface area contributed by atoms with Crippen molar-refractivity contribution in [1.82, 2.24) is 15.1 Å². The molecule has 0 aromatic carbocycles. The lowest BCUT2D eigenvalue weighted by molar-refractivity contribution is 0.322. The highest BCUT2D eigenvalue weighted by atomic mass is 15.3. The molecule has 4 atom stereocenters. The molecule has 2 bridgehead atoms. The normalized spacial score (nSPS) is 31.1. The summed E-state index contributed by atoms with van der Waals surface area (Å²) in [5, 5.41) is 7.99. The number of nitrogens with one attached hydrogen (secondary N) is 1. The van der Waals surface area contributed by atoms with Gasteiger partial charge in [0.1, 0.15) is 0 Å². The van der Waals surface area contributed by atoms with Crippen LogP contribution in [0.5, 0.6) is 0 Å². The number of hydrogen-bond donors (Lipinski definition) is 1. The second kappa shape index (κ2) is 4.88. The number of allylic oxidation sites excluding steroid dienone is 2. The van der Waals surface area contributed by atoms with Crippen LogP contribution >= 0.6 is 0 Å². The molecule has 3 rings (SSSR count). The van der Waals surface area contributed by atoms with E-state index in [0.29, 0.717) is 6.04 Å². The zero-order valence-electron chi connectivity index (χ0n) is 11.3. The molecule has 2 aliphatic carbocycles. The molecule has 1 saturated carbocycles. The fourth-order valence-corrected chi connectivity index (χ4v) is 3.55. The minimum Gasteiger partial charge on any atom is -0.312 e. The van der Waals surface area contributed by atoms with Crippen molar-refractivity contribution in [2.24, 2.45) is 17.8 Å². The molecule has 3 nitrogen and oxygen atoms in total. The predicted molar refractivity (Wildman–Crippen MR) is 73.3 cm³/mol. The number of aromatic nitrogens is 2. The van der Waals surface area contributed by atoms with E-state index in [1.54, 1.807) is 0 Å². The monoisotopic (exact) mass is 245 g/mol. The standard InChI is InChI=1S/C15H23N3/c1-11-9-17-18(10-11)6-5-16-12(2)15-8-13-3-4-14(15)7-13/h3-4,9-10,12-16H,5-8H2,1-2H3. The van der Waals surface area contributed by atoms with Gasteiger partial charge in [0, 0.05) is 18.8 Å². The van der Waals surface area contributed by atoms with Crippen molar-refractivity contribution in [1.29, 1.82) is 0 Å². The highest BCUT2D eigenvalue weighted by Gasteiger charge is 2.38. The zero-order chi connectivity index (χ0) is 12.5. The molecule has 0 spiro atoms. The SMILES string of the molecule is Cc1cnn(CCNC(C)C2CC3C=CC2C3)c1. The van der Waals surface area contributed by atoms with Gasteiger partial charge in [-0.2, -0.15) is 5.10 Å². The molecule has 3 heteroatoms. The summed E-state index contributed by atoms with van der Waals surface area (Å²) >= 11 is 0. The molecule has 0 amide bonds. The van der Waals surface area contributed by atoms with Crippen molar-refractivity contribution in [3.8, 4) is 0 Å². The van der Waals surface area contributed by atoms with Gasteiger partial charge in [0.25, 0.3) is 0 Å². The van der Waals surface area contributed by atoms with Crippen LogP contribution in [0, 0.1) is 24.7 Å². The van der Waals surface area contributed by atoms with Crippen LogP contribution in [0.4, 0.5) is 0 Å². The van der Waals surface area contributed by atoms with E-state index in [9.17, 15) is 0 Å². The Kier molecular flexibility index (Phi) is 3.25. The largest absolute Gasteiger partial charge is 0.312 e. The zero-order valence-corrected chi connectivity index (χ0v) is 11.3. The van der Waals surface area contributed by atoms with Crippen molar-refractivity contribution in [3.05, 3.63) is 30.1 Å². The first kappa shape index (κ1) is 12.0. The second-order valence-corrected chi connectivity index (χ2v) is 5.97. The molecule has 4 unspecified atom stereocenters. The molecule has 1 heterocycles. The summed E-state index contributed by atoms with van der Waals surface area (Å²) in [6.45, 7) is 6.41. The Bertz CT molecular complexity index is 435. The van der Waals surface area contributed by atoms with Crippen LogP contribution in [0.3, 0.4) is 0 Å². The average Bonchev–Trinajstić information content (AvgIpc) is 3.05. The number of fused-ring (bicyclic) bond motifs is 2.